The molecule has 0 fully saturated rings. The van der Waals surface area contributed by atoms with E-state index in [-0.39, 0.29) is 11.5 Å². The predicted molar refractivity (Wildman–Crippen MR) is 113 cm³/mol. The van der Waals surface area contributed by atoms with Crippen molar-refractivity contribution in [2.24, 2.45) is 0 Å². The van der Waals surface area contributed by atoms with Crippen molar-refractivity contribution in [3.63, 3.8) is 0 Å². The molecule has 5 heteroatoms. The fraction of sp³-hybridized carbons (Fsp3) is 0.348. The zero-order valence-corrected chi connectivity index (χ0v) is 16.8. The fourth-order valence-corrected chi connectivity index (χ4v) is 3.33. The minimum Gasteiger partial charge on any atom is -0.356 e. The lowest BCUT2D eigenvalue weighted by Crippen LogP contribution is -2.27. The minimum absolute atomic E-state index is 0.00367. The van der Waals surface area contributed by atoms with Gasteiger partial charge in [-0.15, -0.1) is 0 Å². The van der Waals surface area contributed by atoms with Gasteiger partial charge < -0.3 is 5.32 Å². The predicted octanol–water partition coefficient (Wildman–Crippen LogP) is 3.32. The molecule has 0 radical (unpaired) electrons. The maximum Gasteiger partial charge on any atom is 0.274 e. The number of hydrogen-bond donors (Lipinski definition) is 1. The van der Waals surface area contributed by atoms with Crippen LogP contribution in [0.25, 0.3) is 10.8 Å². The summed E-state index contributed by atoms with van der Waals surface area (Å²) in [6.07, 6.45) is 1.68. The number of benzene rings is 2. The summed E-state index contributed by atoms with van der Waals surface area (Å²) in [5.41, 5.74) is 4.49. The van der Waals surface area contributed by atoms with Crippen LogP contribution < -0.4 is 10.9 Å². The lowest BCUT2D eigenvalue weighted by Gasteiger charge is -2.10. The second-order valence-corrected chi connectivity index (χ2v) is 7.13. The largest absolute Gasteiger partial charge is 0.356 e. The third-order valence-electron chi connectivity index (χ3n) is 5.14. The first kappa shape index (κ1) is 19.8. The molecule has 28 heavy (non-hydrogen) atoms. The lowest BCUT2D eigenvalue weighted by molar-refractivity contribution is -0.121. The number of rotatable bonds is 7. The van der Waals surface area contributed by atoms with E-state index in [1.54, 1.807) is 0 Å². The van der Waals surface area contributed by atoms with Gasteiger partial charge >= 0.3 is 0 Å². The van der Waals surface area contributed by atoms with E-state index in [0.717, 1.165) is 17.5 Å². The van der Waals surface area contributed by atoms with Crippen molar-refractivity contribution in [2.75, 3.05) is 6.54 Å². The summed E-state index contributed by atoms with van der Waals surface area (Å²) < 4.78 is 1.47. The topological polar surface area (TPSA) is 64.0 Å². The molecule has 0 atom stereocenters. The maximum absolute atomic E-state index is 12.4. The first-order valence-electron chi connectivity index (χ1n) is 9.81. The van der Waals surface area contributed by atoms with Crippen LogP contribution in [0.1, 0.15) is 35.7 Å². The number of hydrogen-bond acceptors (Lipinski definition) is 3. The molecule has 1 N–H and O–H groups in total. The highest BCUT2D eigenvalue weighted by molar-refractivity contribution is 5.84. The Hall–Kier alpha value is -2.95. The zero-order chi connectivity index (χ0) is 20.1. The van der Waals surface area contributed by atoms with E-state index in [4.69, 9.17) is 0 Å². The Kier molecular flexibility index (Phi) is 6.24. The number of aromatic nitrogens is 2. The third kappa shape index (κ3) is 4.47. The molecule has 0 saturated carbocycles. The normalized spacial score (nSPS) is 11.0. The molecule has 1 amide bonds. The van der Waals surface area contributed by atoms with Crippen LogP contribution in [-0.4, -0.2) is 22.2 Å². The number of amides is 1. The van der Waals surface area contributed by atoms with E-state index in [9.17, 15) is 9.59 Å². The summed E-state index contributed by atoms with van der Waals surface area (Å²) in [7, 11) is 0. The van der Waals surface area contributed by atoms with Crippen LogP contribution in [0, 0.1) is 13.8 Å². The van der Waals surface area contributed by atoms with E-state index in [0.29, 0.717) is 31.3 Å². The third-order valence-corrected chi connectivity index (χ3v) is 5.14. The van der Waals surface area contributed by atoms with E-state index < -0.39 is 0 Å². The quantitative estimate of drug-likeness (QED) is 0.687. The molecule has 2 aromatic carbocycles. The van der Waals surface area contributed by atoms with Crippen LogP contribution >= 0.6 is 0 Å². The average Bonchev–Trinajstić information content (AvgIpc) is 2.70. The molecule has 0 spiro atoms. The Bertz CT molecular complexity index is 1050. The zero-order valence-electron chi connectivity index (χ0n) is 16.8. The van der Waals surface area contributed by atoms with Crippen molar-refractivity contribution in [3.05, 3.63) is 75.2 Å². The van der Waals surface area contributed by atoms with Gasteiger partial charge in [0.2, 0.25) is 5.91 Å². The van der Waals surface area contributed by atoms with Crippen LogP contribution in [0.4, 0.5) is 0 Å². The molecule has 1 aromatic heterocycles. The van der Waals surface area contributed by atoms with Crippen LogP contribution in [0.3, 0.4) is 0 Å². The molecule has 0 aliphatic carbocycles. The number of carbonyl (C=O) groups is 1. The minimum atomic E-state index is -0.0836. The van der Waals surface area contributed by atoms with Gasteiger partial charge in [-0.1, -0.05) is 36.4 Å². The molecule has 5 nitrogen and oxygen atoms in total. The van der Waals surface area contributed by atoms with Crippen molar-refractivity contribution in [3.8, 4) is 0 Å². The van der Waals surface area contributed by atoms with Crippen LogP contribution in [0.5, 0.6) is 0 Å². The van der Waals surface area contributed by atoms with Gasteiger partial charge in [-0.25, -0.2) is 4.68 Å². The van der Waals surface area contributed by atoms with E-state index in [1.165, 1.54) is 21.4 Å². The van der Waals surface area contributed by atoms with E-state index in [2.05, 4.69) is 42.5 Å². The monoisotopic (exact) mass is 377 g/mol. The van der Waals surface area contributed by atoms with Crippen molar-refractivity contribution < 1.29 is 4.79 Å². The second-order valence-electron chi connectivity index (χ2n) is 7.13. The Morgan fingerprint density at radius 1 is 1.04 bits per heavy atom. The highest BCUT2D eigenvalue weighted by Crippen LogP contribution is 2.15. The van der Waals surface area contributed by atoms with Crippen molar-refractivity contribution in [2.45, 2.75) is 46.6 Å². The Balaban J connectivity index is 1.61. The van der Waals surface area contributed by atoms with Gasteiger partial charge in [-0.3, -0.25) is 9.59 Å². The smallest absolute Gasteiger partial charge is 0.274 e. The molecule has 0 aliphatic rings. The van der Waals surface area contributed by atoms with Crippen molar-refractivity contribution >= 4 is 16.7 Å². The standard InChI is InChI=1S/C23H27N3O2/c1-4-26-23(28)20-8-6-5-7-19(20)21(25-26)11-12-22(27)24-14-13-18-10-9-16(2)17(3)15-18/h5-10,15H,4,11-14H2,1-3H3,(H,24,27). The summed E-state index contributed by atoms with van der Waals surface area (Å²) in [6.45, 7) is 7.22. The van der Waals surface area contributed by atoms with E-state index >= 15 is 0 Å². The number of carbonyl (C=O) groups excluding carboxylic acids is 1. The molecule has 0 aliphatic heterocycles. The molecule has 0 bridgehead atoms. The van der Waals surface area contributed by atoms with Gasteiger partial charge in [-0.2, -0.15) is 5.10 Å². The molecule has 1 heterocycles. The number of nitrogens with zero attached hydrogens (tertiary/aromatic N) is 2. The van der Waals surface area contributed by atoms with Gasteiger partial charge in [-0.05, 0) is 49.9 Å². The summed E-state index contributed by atoms with van der Waals surface area (Å²) in [4.78, 5) is 24.7. The fourth-order valence-electron chi connectivity index (χ4n) is 3.33. The van der Waals surface area contributed by atoms with Crippen LogP contribution in [0.2, 0.25) is 0 Å². The van der Waals surface area contributed by atoms with E-state index in [1.807, 2.05) is 31.2 Å². The summed E-state index contributed by atoms with van der Waals surface area (Å²) in [5, 5.41) is 8.94. The summed E-state index contributed by atoms with van der Waals surface area (Å²) in [5.74, 6) is 0.00367. The number of fused-ring (bicyclic) bond motifs is 1. The molecule has 3 aromatic rings. The highest BCUT2D eigenvalue weighted by atomic mass is 16.1. The van der Waals surface area contributed by atoms with Crippen molar-refractivity contribution in [1.82, 2.24) is 15.1 Å². The van der Waals surface area contributed by atoms with Gasteiger partial charge in [0.25, 0.3) is 5.56 Å². The molecule has 0 saturated heterocycles. The summed E-state index contributed by atoms with van der Waals surface area (Å²) >= 11 is 0. The lowest BCUT2D eigenvalue weighted by atomic mass is 10.0. The molecule has 146 valence electrons. The van der Waals surface area contributed by atoms with Crippen molar-refractivity contribution in [1.29, 1.82) is 0 Å². The first-order chi connectivity index (χ1) is 13.5. The van der Waals surface area contributed by atoms with Crippen LogP contribution in [-0.2, 0) is 24.2 Å². The highest BCUT2D eigenvalue weighted by Gasteiger charge is 2.11. The maximum atomic E-state index is 12.4. The van der Waals surface area contributed by atoms with Gasteiger partial charge in [0.15, 0.2) is 0 Å². The second kappa shape index (κ2) is 8.83. The Morgan fingerprint density at radius 3 is 2.50 bits per heavy atom. The molecular weight excluding hydrogens is 350 g/mol. The SMILES string of the molecule is CCn1nc(CCC(=O)NCCc2ccc(C)c(C)c2)c2ccccc2c1=O. The average molecular weight is 377 g/mol. The summed E-state index contributed by atoms with van der Waals surface area (Å²) in [6, 6.07) is 13.9. The van der Waals surface area contributed by atoms with Gasteiger partial charge in [0.1, 0.15) is 0 Å². The molecular formula is C23H27N3O2. The van der Waals surface area contributed by atoms with Gasteiger partial charge in [0.05, 0.1) is 11.1 Å². The molecule has 0 unspecified atom stereocenters. The number of nitrogens with one attached hydrogen (secondary N) is 1. The number of aryl methyl sites for hydroxylation is 4. The first-order valence-corrected chi connectivity index (χ1v) is 9.81. The van der Waals surface area contributed by atoms with Crippen LogP contribution in [0.15, 0.2) is 47.3 Å². The molecule has 3 rings (SSSR count). The van der Waals surface area contributed by atoms with Gasteiger partial charge in [0, 0.05) is 31.3 Å². The Labute approximate surface area is 165 Å². The Morgan fingerprint density at radius 2 is 1.79 bits per heavy atom.